The molecule has 1 atom stereocenters. The molecule has 6 heteroatoms. The van der Waals surface area contributed by atoms with Gasteiger partial charge in [0.2, 0.25) is 5.91 Å². The normalized spacial score (nSPS) is 17.5. The third-order valence-electron chi connectivity index (χ3n) is 4.83. The number of rotatable bonds is 4. The molecule has 1 N–H and O–H groups in total. The first-order valence-electron chi connectivity index (χ1n) is 9.09. The number of benzene rings is 2. The van der Waals surface area contributed by atoms with Gasteiger partial charge >= 0.3 is 0 Å². The van der Waals surface area contributed by atoms with Crippen LogP contribution in [0.5, 0.6) is 0 Å². The zero-order valence-corrected chi connectivity index (χ0v) is 15.7. The summed E-state index contributed by atoms with van der Waals surface area (Å²) in [4.78, 5) is 19.4. The molecule has 5 nitrogen and oxygen atoms in total. The Morgan fingerprint density at radius 1 is 1.26 bits per heavy atom. The Morgan fingerprint density at radius 3 is 2.85 bits per heavy atom. The first-order valence-corrected chi connectivity index (χ1v) is 9.91. The van der Waals surface area contributed by atoms with Crippen molar-refractivity contribution in [1.29, 1.82) is 5.26 Å². The zero-order valence-electron chi connectivity index (χ0n) is 14.9. The van der Waals surface area contributed by atoms with Gasteiger partial charge in [0.1, 0.15) is 0 Å². The van der Waals surface area contributed by atoms with Crippen LogP contribution in [0.25, 0.3) is 10.2 Å². The Bertz CT molecular complexity index is 956. The molecule has 1 amide bonds. The molecule has 0 spiro atoms. The largest absolute Gasteiger partial charge is 0.325 e. The van der Waals surface area contributed by atoms with E-state index in [4.69, 9.17) is 10.2 Å². The quantitative estimate of drug-likeness (QED) is 0.748. The van der Waals surface area contributed by atoms with Crippen LogP contribution in [0, 0.1) is 11.3 Å². The first-order chi connectivity index (χ1) is 13.2. The van der Waals surface area contributed by atoms with E-state index in [1.807, 2.05) is 12.1 Å². The number of nitrogens with zero attached hydrogens (tertiary/aromatic N) is 3. The molecule has 1 fully saturated rings. The van der Waals surface area contributed by atoms with E-state index in [9.17, 15) is 4.79 Å². The summed E-state index contributed by atoms with van der Waals surface area (Å²) in [6.07, 6.45) is 2.19. The second kappa shape index (κ2) is 7.87. The molecule has 136 valence electrons. The number of carbonyl (C=O) groups excluding carboxylic acids is 1. The summed E-state index contributed by atoms with van der Waals surface area (Å²) in [5.41, 5.74) is 2.37. The third kappa shape index (κ3) is 4.16. The van der Waals surface area contributed by atoms with Crippen LogP contribution in [0.1, 0.15) is 29.3 Å². The predicted molar refractivity (Wildman–Crippen MR) is 108 cm³/mol. The molecule has 27 heavy (non-hydrogen) atoms. The van der Waals surface area contributed by atoms with Crippen molar-refractivity contribution in [3.63, 3.8) is 0 Å². The highest BCUT2D eigenvalue weighted by Crippen LogP contribution is 2.32. The van der Waals surface area contributed by atoms with Crippen molar-refractivity contribution in [2.75, 3.05) is 25.0 Å². The monoisotopic (exact) mass is 376 g/mol. The average Bonchev–Trinajstić information content (AvgIpc) is 3.13. The van der Waals surface area contributed by atoms with Crippen molar-refractivity contribution < 1.29 is 4.79 Å². The zero-order chi connectivity index (χ0) is 18.6. The van der Waals surface area contributed by atoms with Gasteiger partial charge < -0.3 is 5.32 Å². The maximum absolute atomic E-state index is 12.4. The molecule has 2 heterocycles. The summed E-state index contributed by atoms with van der Waals surface area (Å²) in [6, 6.07) is 17.3. The van der Waals surface area contributed by atoms with Gasteiger partial charge in [0.25, 0.3) is 0 Å². The van der Waals surface area contributed by atoms with E-state index in [0.29, 0.717) is 18.0 Å². The molecule has 0 radical (unpaired) electrons. The van der Waals surface area contributed by atoms with E-state index < -0.39 is 0 Å². The summed E-state index contributed by atoms with van der Waals surface area (Å²) in [6.45, 7) is 2.17. The second-order valence-electron chi connectivity index (χ2n) is 6.83. The number of hydrogen-bond acceptors (Lipinski definition) is 5. The number of aromatic nitrogens is 1. The van der Waals surface area contributed by atoms with Gasteiger partial charge in [0, 0.05) is 18.2 Å². The molecule has 0 saturated carbocycles. The highest BCUT2D eigenvalue weighted by Gasteiger charge is 2.25. The maximum atomic E-state index is 12.4. The average molecular weight is 376 g/mol. The van der Waals surface area contributed by atoms with E-state index >= 15 is 0 Å². The summed E-state index contributed by atoms with van der Waals surface area (Å²) in [5.74, 6) is 0.364. The lowest BCUT2D eigenvalue weighted by Gasteiger charge is -2.31. The summed E-state index contributed by atoms with van der Waals surface area (Å²) < 4.78 is 1.23. The van der Waals surface area contributed by atoms with Crippen molar-refractivity contribution in [2.45, 2.75) is 18.8 Å². The lowest BCUT2D eigenvalue weighted by Crippen LogP contribution is -2.39. The number of para-hydroxylation sites is 1. The number of hydrogen-bond donors (Lipinski definition) is 1. The molecule has 2 aromatic carbocycles. The molecule has 1 saturated heterocycles. The lowest BCUT2D eigenvalue weighted by atomic mass is 9.99. The van der Waals surface area contributed by atoms with Crippen LogP contribution in [0.4, 0.5) is 5.69 Å². The van der Waals surface area contributed by atoms with Crippen LogP contribution in [0.15, 0.2) is 48.5 Å². The topological polar surface area (TPSA) is 69.0 Å². The van der Waals surface area contributed by atoms with E-state index in [0.717, 1.165) is 37.1 Å². The van der Waals surface area contributed by atoms with E-state index in [2.05, 4.69) is 28.4 Å². The predicted octanol–water partition coefficient (Wildman–Crippen LogP) is 3.99. The minimum atomic E-state index is -0.0235. The Labute approximate surface area is 162 Å². The molecular weight excluding hydrogens is 356 g/mol. The fraction of sp³-hybridized carbons (Fsp3) is 0.286. The number of piperidine rings is 1. The number of likely N-dealkylation sites (tertiary alicyclic amines) is 1. The van der Waals surface area contributed by atoms with Gasteiger partial charge in [-0.25, -0.2) is 4.98 Å². The number of anilines is 1. The third-order valence-corrected chi connectivity index (χ3v) is 6.03. The molecule has 1 aliphatic heterocycles. The second-order valence-corrected chi connectivity index (χ2v) is 7.89. The standard InChI is InChI=1S/C21H20N4OS/c22-12-15-7-9-17(10-8-15)23-20(26)14-25-11-3-4-16(13-25)21-24-18-5-1-2-6-19(18)27-21/h1-2,5-10,16H,3-4,11,13-14H2,(H,23,26)/t16-/m1/s1. The number of thiazole rings is 1. The smallest absolute Gasteiger partial charge is 0.238 e. The molecule has 4 rings (SSSR count). The van der Waals surface area contributed by atoms with E-state index in [1.165, 1.54) is 9.71 Å². The van der Waals surface area contributed by atoms with E-state index in [1.54, 1.807) is 35.6 Å². The molecule has 0 unspecified atom stereocenters. The van der Waals surface area contributed by atoms with Crippen molar-refractivity contribution in [2.24, 2.45) is 0 Å². The lowest BCUT2D eigenvalue weighted by molar-refractivity contribution is -0.117. The minimum absolute atomic E-state index is 0.0235. The van der Waals surface area contributed by atoms with Crippen molar-refractivity contribution in [3.05, 3.63) is 59.1 Å². The van der Waals surface area contributed by atoms with Crippen LogP contribution >= 0.6 is 11.3 Å². The minimum Gasteiger partial charge on any atom is -0.325 e. The highest BCUT2D eigenvalue weighted by molar-refractivity contribution is 7.18. The Balaban J connectivity index is 1.37. The van der Waals surface area contributed by atoms with Gasteiger partial charge in [0.05, 0.1) is 33.4 Å². The number of nitrogens with one attached hydrogen (secondary N) is 1. The Kier molecular flexibility index (Phi) is 5.14. The van der Waals surface area contributed by atoms with Gasteiger partial charge in [-0.15, -0.1) is 11.3 Å². The van der Waals surface area contributed by atoms with Crippen molar-refractivity contribution in [3.8, 4) is 6.07 Å². The highest BCUT2D eigenvalue weighted by atomic mass is 32.1. The molecule has 1 aromatic heterocycles. The van der Waals surface area contributed by atoms with Gasteiger partial charge in [-0.2, -0.15) is 5.26 Å². The van der Waals surface area contributed by atoms with Crippen LogP contribution < -0.4 is 5.32 Å². The number of fused-ring (bicyclic) bond motifs is 1. The van der Waals surface area contributed by atoms with Gasteiger partial charge in [0.15, 0.2) is 0 Å². The summed E-state index contributed by atoms with van der Waals surface area (Å²) in [5, 5.41) is 12.9. The Morgan fingerprint density at radius 2 is 2.07 bits per heavy atom. The molecule has 1 aliphatic rings. The van der Waals surface area contributed by atoms with Crippen molar-refractivity contribution >= 4 is 33.1 Å². The van der Waals surface area contributed by atoms with Crippen molar-refractivity contribution in [1.82, 2.24) is 9.88 Å². The number of carbonyl (C=O) groups is 1. The molecule has 0 bridgehead atoms. The number of amides is 1. The van der Waals surface area contributed by atoms with Crippen LogP contribution in [-0.4, -0.2) is 35.4 Å². The molecular formula is C21H20N4OS. The fourth-order valence-electron chi connectivity index (χ4n) is 3.50. The fourth-order valence-corrected chi connectivity index (χ4v) is 4.59. The molecule has 0 aliphatic carbocycles. The van der Waals surface area contributed by atoms with Crippen LogP contribution in [0.2, 0.25) is 0 Å². The molecule has 3 aromatic rings. The van der Waals surface area contributed by atoms with Gasteiger partial charge in [-0.05, 0) is 55.8 Å². The summed E-state index contributed by atoms with van der Waals surface area (Å²) >= 11 is 1.77. The maximum Gasteiger partial charge on any atom is 0.238 e. The van der Waals surface area contributed by atoms with Gasteiger partial charge in [-0.3, -0.25) is 9.69 Å². The van der Waals surface area contributed by atoms with E-state index in [-0.39, 0.29) is 5.91 Å². The van der Waals surface area contributed by atoms with Crippen LogP contribution in [-0.2, 0) is 4.79 Å². The first kappa shape index (κ1) is 17.7. The van der Waals surface area contributed by atoms with Gasteiger partial charge in [-0.1, -0.05) is 12.1 Å². The summed E-state index contributed by atoms with van der Waals surface area (Å²) in [7, 11) is 0. The Hall–Kier alpha value is -2.75. The number of nitriles is 1. The SMILES string of the molecule is N#Cc1ccc(NC(=O)CN2CCC[C@@H](c3nc4ccccc4s3)C2)cc1. The van der Waals surface area contributed by atoms with Crippen LogP contribution in [0.3, 0.4) is 0 Å².